The standard InChI is InChI=1S/C20H20F2N2O4/c1-13(19(26)23-10-9-14-5-3-2-4-6-14)28-18(25)12-24-20(27)16-8-7-15(21)11-17(16)22/h2-8,11,13H,9-10,12H2,1H3,(H,23,26)(H,24,27). The van der Waals surface area contributed by atoms with E-state index in [-0.39, 0.29) is 0 Å². The Morgan fingerprint density at radius 1 is 1.04 bits per heavy atom. The van der Waals surface area contributed by atoms with E-state index in [1.54, 1.807) is 0 Å². The van der Waals surface area contributed by atoms with Crippen LogP contribution in [-0.4, -0.2) is 37.0 Å². The summed E-state index contributed by atoms with van der Waals surface area (Å²) in [5.41, 5.74) is 0.657. The molecule has 0 aliphatic rings. The van der Waals surface area contributed by atoms with Crippen LogP contribution in [0.1, 0.15) is 22.8 Å². The molecule has 1 atom stereocenters. The van der Waals surface area contributed by atoms with Crippen LogP contribution in [0, 0.1) is 11.6 Å². The molecule has 0 fully saturated rings. The first-order chi connectivity index (χ1) is 13.4. The zero-order valence-electron chi connectivity index (χ0n) is 15.2. The lowest BCUT2D eigenvalue weighted by atomic mass is 10.1. The average Bonchev–Trinajstić information content (AvgIpc) is 2.66. The third-order valence-corrected chi connectivity index (χ3v) is 3.80. The Kier molecular flexibility index (Phi) is 7.62. The molecular weight excluding hydrogens is 370 g/mol. The van der Waals surface area contributed by atoms with Crippen LogP contribution in [0.2, 0.25) is 0 Å². The van der Waals surface area contributed by atoms with Crippen molar-refractivity contribution in [2.75, 3.05) is 13.1 Å². The molecule has 2 aromatic carbocycles. The summed E-state index contributed by atoms with van der Waals surface area (Å²) in [4.78, 5) is 35.5. The van der Waals surface area contributed by atoms with Gasteiger partial charge in [0.15, 0.2) is 6.10 Å². The number of carbonyl (C=O) groups is 3. The predicted molar refractivity (Wildman–Crippen MR) is 97.4 cm³/mol. The summed E-state index contributed by atoms with van der Waals surface area (Å²) >= 11 is 0. The normalized spacial score (nSPS) is 11.4. The van der Waals surface area contributed by atoms with Gasteiger partial charge in [-0.1, -0.05) is 30.3 Å². The van der Waals surface area contributed by atoms with Crippen molar-refractivity contribution in [1.29, 1.82) is 0 Å². The van der Waals surface area contributed by atoms with Gasteiger partial charge < -0.3 is 15.4 Å². The number of hydrogen-bond donors (Lipinski definition) is 2. The molecule has 2 rings (SSSR count). The van der Waals surface area contributed by atoms with Gasteiger partial charge in [-0.25, -0.2) is 8.78 Å². The van der Waals surface area contributed by atoms with E-state index in [0.29, 0.717) is 19.0 Å². The van der Waals surface area contributed by atoms with Gasteiger partial charge in [-0.05, 0) is 31.0 Å². The van der Waals surface area contributed by atoms with Crippen LogP contribution in [0.4, 0.5) is 8.78 Å². The first kappa shape index (κ1) is 21.0. The zero-order valence-corrected chi connectivity index (χ0v) is 15.2. The minimum Gasteiger partial charge on any atom is -0.451 e. The second kappa shape index (κ2) is 10.1. The number of nitrogens with one attached hydrogen (secondary N) is 2. The van der Waals surface area contributed by atoms with E-state index >= 15 is 0 Å². The molecule has 2 N–H and O–H groups in total. The van der Waals surface area contributed by atoms with Gasteiger partial charge in [0.1, 0.15) is 18.2 Å². The molecule has 148 valence electrons. The van der Waals surface area contributed by atoms with Crippen molar-refractivity contribution in [3.8, 4) is 0 Å². The monoisotopic (exact) mass is 390 g/mol. The fourth-order valence-corrected chi connectivity index (χ4v) is 2.33. The molecule has 0 radical (unpaired) electrons. The maximum atomic E-state index is 13.5. The Morgan fingerprint density at radius 2 is 1.75 bits per heavy atom. The van der Waals surface area contributed by atoms with Gasteiger partial charge in [-0.15, -0.1) is 0 Å². The maximum absolute atomic E-state index is 13.5. The molecular formula is C20H20F2N2O4. The third-order valence-electron chi connectivity index (χ3n) is 3.80. The third kappa shape index (κ3) is 6.46. The SMILES string of the molecule is CC(OC(=O)CNC(=O)c1ccc(F)cc1F)C(=O)NCCc1ccccc1. The van der Waals surface area contributed by atoms with E-state index in [4.69, 9.17) is 4.74 Å². The Hall–Kier alpha value is -3.29. The summed E-state index contributed by atoms with van der Waals surface area (Å²) in [5, 5.41) is 4.81. The first-order valence-corrected chi connectivity index (χ1v) is 8.61. The number of benzene rings is 2. The average molecular weight is 390 g/mol. The van der Waals surface area contributed by atoms with Crippen molar-refractivity contribution in [2.45, 2.75) is 19.4 Å². The first-order valence-electron chi connectivity index (χ1n) is 8.61. The van der Waals surface area contributed by atoms with E-state index in [0.717, 1.165) is 17.7 Å². The lowest BCUT2D eigenvalue weighted by molar-refractivity contribution is -0.153. The Labute approximate surface area is 160 Å². The van der Waals surface area contributed by atoms with Crippen LogP contribution in [0.15, 0.2) is 48.5 Å². The van der Waals surface area contributed by atoms with Crippen LogP contribution in [0.25, 0.3) is 0 Å². The lowest BCUT2D eigenvalue weighted by Crippen LogP contribution is -2.39. The molecule has 2 amide bonds. The van der Waals surface area contributed by atoms with E-state index in [1.807, 2.05) is 30.3 Å². The maximum Gasteiger partial charge on any atom is 0.326 e. The van der Waals surface area contributed by atoms with Crippen molar-refractivity contribution in [3.63, 3.8) is 0 Å². The quantitative estimate of drug-likeness (QED) is 0.675. The summed E-state index contributed by atoms with van der Waals surface area (Å²) in [6.45, 7) is 1.22. The number of esters is 1. The largest absolute Gasteiger partial charge is 0.451 e. The smallest absolute Gasteiger partial charge is 0.326 e. The number of rotatable bonds is 8. The van der Waals surface area contributed by atoms with E-state index in [9.17, 15) is 23.2 Å². The topological polar surface area (TPSA) is 84.5 Å². The highest BCUT2D eigenvalue weighted by atomic mass is 19.1. The molecule has 0 aromatic heterocycles. The molecule has 0 aliphatic heterocycles. The molecule has 1 unspecified atom stereocenters. The summed E-state index contributed by atoms with van der Waals surface area (Å²) in [5.74, 6) is -4.09. The van der Waals surface area contributed by atoms with Crippen LogP contribution in [0.5, 0.6) is 0 Å². The van der Waals surface area contributed by atoms with Crippen LogP contribution in [-0.2, 0) is 20.7 Å². The van der Waals surface area contributed by atoms with Crippen molar-refractivity contribution in [3.05, 3.63) is 71.3 Å². The molecule has 0 saturated heterocycles. The summed E-state index contributed by atoms with van der Waals surface area (Å²) < 4.78 is 31.3. The van der Waals surface area contributed by atoms with E-state index < -0.39 is 47.6 Å². The van der Waals surface area contributed by atoms with Gasteiger partial charge in [0.25, 0.3) is 11.8 Å². The van der Waals surface area contributed by atoms with Crippen LogP contribution >= 0.6 is 0 Å². The van der Waals surface area contributed by atoms with Crippen molar-refractivity contribution in [2.24, 2.45) is 0 Å². The molecule has 0 bridgehead atoms. The second-order valence-corrected chi connectivity index (χ2v) is 5.97. The van der Waals surface area contributed by atoms with Gasteiger partial charge in [-0.2, -0.15) is 0 Å². The minimum absolute atomic E-state index is 0.380. The van der Waals surface area contributed by atoms with Gasteiger partial charge in [0.05, 0.1) is 5.56 Å². The molecule has 0 aliphatic carbocycles. The molecule has 0 saturated carbocycles. The van der Waals surface area contributed by atoms with Crippen LogP contribution in [0.3, 0.4) is 0 Å². The summed E-state index contributed by atoms with van der Waals surface area (Å²) in [6.07, 6.45) is -0.422. The highest BCUT2D eigenvalue weighted by molar-refractivity contribution is 5.96. The molecule has 0 spiro atoms. The van der Waals surface area contributed by atoms with Gasteiger partial charge in [0.2, 0.25) is 0 Å². The molecule has 8 heteroatoms. The molecule has 2 aromatic rings. The zero-order chi connectivity index (χ0) is 20.5. The van der Waals surface area contributed by atoms with Crippen molar-refractivity contribution < 1.29 is 27.9 Å². The molecule has 28 heavy (non-hydrogen) atoms. The highest BCUT2D eigenvalue weighted by Crippen LogP contribution is 2.09. The summed E-state index contributed by atoms with van der Waals surface area (Å²) in [6, 6.07) is 12.0. The predicted octanol–water partition coefficient (Wildman–Crippen LogP) is 1.99. The molecule has 6 nitrogen and oxygen atoms in total. The number of hydrogen-bond acceptors (Lipinski definition) is 4. The number of amides is 2. The van der Waals surface area contributed by atoms with Crippen molar-refractivity contribution in [1.82, 2.24) is 10.6 Å². The van der Waals surface area contributed by atoms with E-state index in [1.165, 1.54) is 6.92 Å². The number of ether oxygens (including phenoxy) is 1. The Morgan fingerprint density at radius 3 is 2.43 bits per heavy atom. The Bertz CT molecular complexity index is 843. The highest BCUT2D eigenvalue weighted by Gasteiger charge is 2.19. The van der Waals surface area contributed by atoms with Crippen LogP contribution < -0.4 is 10.6 Å². The lowest BCUT2D eigenvalue weighted by Gasteiger charge is -2.14. The van der Waals surface area contributed by atoms with Gasteiger partial charge in [-0.3, -0.25) is 14.4 Å². The van der Waals surface area contributed by atoms with Gasteiger partial charge >= 0.3 is 5.97 Å². The minimum atomic E-state index is -1.05. The summed E-state index contributed by atoms with van der Waals surface area (Å²) in [7, 11) is 0. The van der Waals surface area contributed by atoms with Crippen molar-refractivity contribution >= 4 is 17.8 Å². The number of halogens is 2. The van der Waals surface area contributed by atoms with E-state index in [2.05, 4.69) is 10.6 Å². The van der Waals surface area contributed by atoms with Gasteiger partial charge in [0, 0.05) is 12.6 Å². The fourth-order valence-electron chi connectivity index (χ4n) is 2.33. The second-order valence-electron chi connectivity index (χ2n) is 5.97. The Balaban J connectivity index is 1.72. The number of carbonyl (C=O) groups excluding carboxylic acids is 3. The molecule has 0 heterocycles. The fraction of sp³-hybridized carbons (Fsp3) is 0.250.